The highest BCUT2D eigenvalue weighted by atomic mass is 19.4. The number of aromatic nitrogens is 1. The Kier molecular flexibility index (Phi) is 4.65. The van der Waals surface area contributed by atoms with Crippen LogP contribution in [-0.4, -0.2) is 22.7 Å². The fourth-order valence-corrected chi connectivity index (χ4v) is 1.83. The summed E-state index contributed by atoms with van der Waals surface area (Å²) >= 11 is 0. The van der Waals surface area contributed by atoms with Gasteiger partial charge in [-0.2, -0.15) is 13.2 Å². The Morgan fingerprint density at radius 2 is 1.91 bits per heavy atom. The van der Waals surface area contributed by atoms with E-state index in [0.717, 1.165) is 24.3 Å². The second-order valence-corrected chi connectivity index (χ2v) is 4.51. The average molecular weight is 311 g/mol. The van der Waals surface area contributed by atoms with Crippen LogP contribution in [0.4, 0.5) is 13.2 Å². The molecule has 1 heterocycles. The first kappa shape index (κ1) is 15.8. The highest BCUT2D eigenvalue weighted by Gasteiger charge is 2.31. The molecule has 0 bridgehead atoms. The third-order valence-electron chi connectivity index (χ3n) is 2.99. The molecule has 1 unspecified atom stereocenters. The van der Waals surface area contributed by atoms with Gasteiger partial charge in [0, 0.05) is 6.20 Å². The summed E-state index contributed by atoms with van der Waals surface area (Å²) in [6.07, 6.45) is -1.49. The van der Waals surface area contributed by atoms with Gasteiger partial charge >= 0.3 is 12.1 Å². The van der Waals surface area contributed by atoms with Crippen LogP contribution in [0.5, 0.6) is 5.75 Å². The van der Waals surface area contributed by atoms with Crippen LogP contribution in [0, 0.1) is 0 Å². The number of pyridine rings is 1. The smallest absolute Gasteiger partial charge is 0.416 e. The molecule has 2 aromatic rings. The molecule has 22 heavy (non-hydrogen) atoms. The van der Waals surface area contributed by atoms with Crippen LogP contribution in [0.1, 0.15) is 17.0 Å². The van der Waals surface area contributed by atoms with Crippen molar-refractivity contribution in [3.05, 3.63) is 59.9 Å². The largest absolute Gasteiger partial charge is 0.491 e. The number of hydrogen-bond donors (Lipinski definition) is 1. The van der Waals surface area contributed by atoms with E-state index in [4.69, 9.17) is 4.74 Å². The van der Waals surface area contributed by atoms with Crippen molar-refractivity contribution in [1.29, 1.82) is 0 Å². The van der Waals surface area contributed by atoms with Crippen LogP contribution in [0.2, 0.25) is 0 Å². The number of alkyl halides is 3. The molecule has 0 spiro atoms. The molecule has 0 aliphatic rings. The van der Waals surface area contributed by atoms with Crippen molar-refractivity contribution in [3.8, 4) is 5.75 Å². The Morgan fingerprint density at radius 1 is 1.23 bits per heavy atom. The molecule has 1 atom stereocenters. The number of halogens is 3. The van der Waals surface area contributed by atoms with Crippen LogP contribution in [0.25, 0.3) is 0 Å². The monoisotopic (exact) mass is 311 g/mol. The van der Waals surface area contributed by atoms with Gasteiger partial charge in [0.2, 0.25) is 0 Å². The maximum absolute atomic E-state index is 12.5. The summed E-state index contributed by atoms with van der Waals surface area (Å²) in [6.45, 7) is -0.202. The predicted molar refractivity (Wildman–Crippen MR) is 71.6 cm³/mol. The fourth-order valence-electron chi connectivity index (χ4n) is 1.83. The van der Waals surface area contributed by atoms with Crippen molar-refractivity contribution in [2.45, 2.75) is 12.1 Å². The summed E-state index contributed by atoms with van der Waals surface area (Å²) < 4.78 is 42.8. The first-order chi connectivity index (χ1) is 10.4. The number of ether oxygens (including phenoxy) is 1. The minimum absolute atomic E-state index is 0.202. The van der Waals surface area contributed by atoms with E-state index in [1.54, 1.807) is 12.1 Å². The molecular formula is C15H12F3NO3. The van der Waals surface area contributed by atoms with Crippen LogP contribution >= 0.6 is 0 Å². The molecule has 0 saturated carbocycles. The lowest BCUT2D eigenvalue weighted by molar-refractivity contribution is -0.139. The van der Waals surface area contributed by atoms with Gasteiger partial charge in [0.15, 0.2) is 0 Å². The third kappa shape index (κ3) is 3.97. The molecule has 0 radical (unpaired) electrons. The van der Waals surface area contributed by atoms with Crippen molar-refractivity contribution < 1.29 is 27.8 Å². The van der Waals surface area contributed by atoms with Gasteiger partial charge in [-0.15, -0.1) is 0 Å². The molecule has 2 rings (SSSR count). The summed E-state index contributed by atoms with van der Waals surface area (Å²) in [5, 5.41) is 9.22. The maximum Gasteiger partial charge on any atom is 0.416 e. The Balaban J connectivity index is 2.13. The lowest BCUT2D eigenvalue weighted by Gasteiger charge is -2.15. The minimum Gasteiger partial charge on any atom is -0.491 e. The van der Waals surface area contributed by atoms with Crippen molar-refractivity contribution in [3.63, 3.8) is 0 Å². The SMILES string of the molecule is O=C(O)C(COc1cccnc1)c1ccc(C(F)(F)F)cc1. The van der Waals surface area contributed by atoms with Crippen molar-refractivity contribution >= 4 is 5.97 Å². The van der Waals surface area contributed by atoms with Gasteiger partial charge < -0.3 is 9.84 Å². The van der Waals surface area contributed by atoms with Gasteiger partial charge in [0.1, 0.15) is 18.3 Å². The lowest BCUT2D eigenvalue weighted by Crippen LogP contribution is -2.19. The van der Waals surface area contributed by atoms with Gasteiger partial charge in [-0.05, 0) is 29.8 Å². The summed E-state index contributed by atoms with van der Waals surface area (Å²) in [7, 11) is 0. The van der Waals surface area contributed by atoms with E-state index in [9.17, 15) is 23.1 Å². The predicted octanol–water partition coefficient (Wildman–Crippen LogP) is 3.35. The molecule has 0 aliphatic carbocycles. The molecule has 0 saturated heterocycles. The van der Waals surface area contributed by atoms with E-state index in [-0.39, 0.29) is 12.2 Å². The Bertz CT molecular complexity index is 627. The van der Waals surface area contributed by atoms with Gasteiger partial charge in [-0.25, -0.2) is 0 Å². The number of aliphatic carboxylic acids is 1. The molecule has 0 amide bonds. The quantitative estimate of drug-likeness (QED) is 0.920. The normalized spacial score (nSPS) is 12.7. The van der Waals surface area contributed by atoms with E-state index in [1.807, 2.05) is 0 Å². The molecule has 116 valence electrons. The number of carboxylic acids is 1. The zero-order valence-electron chi connectivity index (χ0n) is 11.2. The number of carboxylic acid groups (broad SMARTS) is 1. The van der Waals surface area contributed by atoms with Crippen LogP contribution in [-0.2, 0) is 11.0 Å². The third-order valence-corrected chi connectivity index (χ3v) is 2.99. The molecule has 1 N–H and O–H groups in total. The van der Waals surface area contributed by atoms with E-state index in [1.165, 1.54) is 12.4 Å². The van der Waals surface area contributed by atoms with Crippen molar-refractivity contribution in [2.24, 2.45) is 0 Å². The number of benzene rings is 1. The number of carbonyl (C=O) groups is 1. The van der Waals surface area contributed by atoms with E-state index in [2.05, 4.69) is 4.98 Å². The Labute approximate surface area is 124 Å². The number of hydrogen-bond acceptors (Lipinski definition) is 3. The highest BCUT2D eigenvalue weighted by Crippen LogP contribution is 2.30. The summed E-state index contributed by atoms with van der Waals surface area (Å²) in [5.41, 5.74) is -0.585. The van der Waals surface area contributed by atoms with Crippen LogP contribution in [0.3, 0.4) is 0 Å². The minimum atomic E-state index is -4.45. The molecule has 1 aromatic heterocycles. The maximum atomic E-state index is 12.5. The lowest BCUT2D eigenvalue weighted by atomic mass is 9.99. The molecule has 1 aromatic carbocycles. The van der Waals surface area contributed by atoms with Gasteiger partial charge in [0.05, 0.1) is 11.8 Å². The number of rotatable bonds is 5. The fraction of sp³-hybridized carbons (Fsp3) is 0.200. The van der Waals surface area contributed by atoms with E-state index < -0.39 is 23.6 Å². The Morgan fingerprint density at radius 3 is 2.41 bits per heavy atom. The second-order valence-electron chi connectivity index (χ2n) is 4.51. The molecule has 0 aliphatic heterocycles. The van der Waals surface area contributed by atoms with E-state index >= 15 is 0 Å². The van der Waals surface area contributed by atoms with Crippen LogP contribution < -0.4 is 4.74 Å². The van der Waals surface area contributed by atoms with E-state index in [0.29, 0.717) is 5.75 Å². The highest BCUT2D eigenvalue weighted by molar-refractivity contribution is 5.76. The van der Waals surface area contributed by atoms with Crippen molar-refractivity contribution in [2.75, 3.05) is 6.61 Å². The molecule has 4 nitrogen and oxygen atoms in total. The summed E-state index contributed by atoms with van der Waals surface area (Å²) in [6, 6.07) is 7.25. The van der Waals surface area contributed by atoms with Gasteiger partial charge in [-0.1, -0.05) is 12.1 Å². The van der Waals surface area contributed by atoms with Crippen molar-refractivity contribution in [1.82, 2.24) is 4.98 Å². The average Bonchev–Trinajstić information content (AvgIpc) is 2.48. The zero-order chi connectivity index (χ0) is 16.2. The topological polar surface area (TPSA) is 59.4 Å². The van der Waals surface area contributed by atoms with Crippen LogP contribution in [0.15, 0.2) is 48.8 Å². The first-order valence-electron chi connectivity index (χ1n) is 6.30. The second kappa shape index (κ2) is 6.46. The molecule has 0 fully saturated rings. The number of nitrogens with zero attached hydrogens (tertiary/aromatic N) is 1. The first-order valence-corrected chi connectivity index (χ1v) is 6.30. The standard InChI is InChI=1S/C15H12F3NO3/c16-15(17,18)11-5-3-10(4-6-11)13(14(20)21)9-22-12-2-1-7-19-8-12/h1-8,13H,9H2,(H,20,21). The Hall–Kier alpha value is -2.57. The molecule has 7 heteroatoms. The summed E-state index contributed by atoms with van der Waals surface area (Å²) in [4.78, 5) is 15.1. The van der Waals surface area contributed by atoms with Gasteiger partial charge in [-0.3, -0.25) is 9.78 Å². The zero-order valence-corrected chi connectivity index (χ0v) is 11.2. The van der Waals surface area contributed by atoms with Gasteiger partial charge in [0.25, 0.3) is 0 Å². The summed E-state index contributed by atoms with van der Waals surface area (Å²) in [5.74, 6) is -1.85. The molecular weight excluding hydrogens is 299 g/mol.